The van der Waals surface area contributed by atoms with E-state index in [9.17, 15) is 14.0 Å². The minimum atomic E-state index is -0.505. The molecule has 122 valence electrons. The van der Waals surface area contributed by atoms with Gasteiger partial charge in [0.25, 0.3) is 5.91 Å². The maximum Gasteiger partial charge on any atom is 0.257 e. The standard InChI is InChI=1S/C19H17FN2O2/c1-12(13-6-4-3-5-7-13)21-19(24)16-11-22(2)17-9-8-14(20)10-15(17)18(16)23/h3-12H,1-2H3,(H,21,24). The summed E-state index contributed by atoms with van der Waals surface area (Å²) in [5.74, 6) is -0.979. The van der Waals surface area contributed by atoms with Crippen LogP contribution in [-0.2, 0) is 7.05 Å². The Morgan fingerprint density at radius 2 is 1.88 bits per heavy atom. The van der Waals surface area contributed by atoms with Gasteiger partial charge in [0, 0.05) is 18.6 Å². The van der Waals surface area contributed by atoms with Crippen LogP contribution in [-0.4, -0.2) is 10.5 Å². The number of carbonyl (C=O) groups excluding carboxylic acids is 1. The smallest absolute Gasteiger partial charge is 0.257 e. The Morgan fingerprint density at radius 3 is 2.58 bits per heavy atom. The first-order valence-electron chi connectivity index (χ1n) is 7.62. The number of halogens is 1. The third kappa shape index (κ3) is 2.93. The predicted molar refractivity (Wildman–Crippen MR) is 91.5 cm³/mol. The van der Waals surface area contributed by atoms with Crippen molar-refractivity contribution in [2.45, 2.75) is 13.0 Å². The fourth-order valence-corrected chi connectivity index (χ4v) is 2.73. The Labute approximate surface area is 138 Å². The van der Waals surface area contributed by atoms with Crippen molar-refractivity contribution < 1.29 is 9.18 Å². The van der Waals surface area contributed by atoms with Crippen molar-refractivity contribution in [3.63, 3.8) is 0 Å². The maximum atomic E-state index is 13.5. The van der Waals surface area contributed by atoms with Gasteiger partial charge in [-0.1, -0.05) is 30.3 Å². The Hall–Kier alpha value is -2.95. The van der Waals surface area contributed by atoms with Crippen LogP contribution in [0.5, 0.6) is 0 Å². The summed E-state index contributed by atoms with van der Waals surface area (Å²) < 4.78 is 15.1. The van der Waals surface area contributed by atoms with E-state index in [1.807, 2.05) is 37.3 Å². The predicted octanol–water partition coefficient (Wildman–Crippen LogP) is 3.17. The Balaban J connectivity index is 1.98. The molecule has 1 atom stereocenters. The average molecular weight is 324 g/mol. The molecule has 0 bridgehead atoms. The van der Waals surface area contributed by atoms with Crippen LogP contribution in [0.2, 0.25) is 0 Å². The molecule has 0 spiro atoms. The van der Waals surface area contributed by atoms with Gasteiger partial charge in [-0.05, 0) is 30.7 Å². The zero-order valence-electron chi connectivity index (χ0n) is 13.4. The molecule has 0 aliphatic rings. The van der Waals surface area contributed by atoms with E-state index >= 15 is 0 Å². The molecule has 0 fully saturated rings. The number of benzene rings is 2. The summed E-state index contributed by atoms with van der Waals surface area (Å²) >= 11 is 0. The van der Waals surface area contributed by atoms with Crippen LogP contribution in [0.25, 0.3) is 10.9 Å². The molecule has 24 heavy (non-hydrogen) atoms. The zero-order chi connectivity index (χ0) is 17.3. The first-order valence-corrected chi connectivity index (χ1v) is 7.62. The molecule has 3 aromatic rings. The van der Waals surface area contributed by atoms with Crippen LogP contribution in [0.3, 0.4) is 0 Å². The number of aromatic nitrogens is 1. The van der Waals surface area contributed by atoms with Gasteiger partial charge in [0.15, 0.2) is 0 Å². The number of hydrogen-bond acceptors (Lipinski definition) is 2. The average Bonchev–Trinajstić information content (AvgIpc) is 2.58. The second-order valence-corrected chi connectivity index (χ2v) is 5.75. The first-order chi connectivity index (χ1) is 11.5. The van der Waals surface area contributed by atoms with Gasteiger partial charge >= 0.3 is 0 Å². The van der Waals surface area contributed by atoms with Crippen LogP contribution in [0.15, 0.2) is 59.5 Å². The third-order valence-electron chi connectivity index (χ3n) is 4.04. The van der Waals surface area contributed by atoms with E-state index in [1.165, 1.54) is 18.3 Å². The second-order valence-electron chi connectivity index (χ2n) is 5.75. The molecule has 1 heterocycles. The summed E-state index contributed by atoms with van der Waals surface area (Å²) in [6.45, 7) is 1.85. The highest BCUT2D eigenvalue weighted by Crippen LogP contribution is 2.15. The van der Waals surface area contributed by atoms with Gasteiger partial charge in [-0.25, -0.2) is 4.39 Å². The van der Waals surface area contributed by atoms with Crippen LogP contribution in [0.1, 0.15) is 28.9 Å². The lowest BCUT2D eigenvalue weighted by Crippen LogP contribution is -2.31. The molecule has 0 aliphatic carbocycles. The van der Waals surface area contributed by atoms with Crippen molar-refractivity contribution in [2.75, 3.05) is 0 Å². The number of amides is 1. The summed E-state index contributed by atoms with van der Waals surface area (Å²) in [6.07, 6.45) is 1.48. The lowest BCUT2D eigenvalue weighted by Gasteiger charge is -2.15. The number of rotatable bonds is 3. The molecule has 0 saturated carbocycles. The van der Waals surface area contributed by atoms with E-state index in [4.69, 9.17) is 0 Å². The zero-order valence-corrected chi connectivity index (χ0v) is 13.4. The number of carbonyl (C=O) groups is 1. The van der Waals surface area contributed by atoms with Gasteiger partial charge in [-0.15, -0.1) is 0 Å². The maximum absolute atomic E-state index is 13.5. The lowest BCUT2D eigenvalue weighted by molar-refractivity contribution is 0.0938. The van der Waals surface area contributed by atoms with E-state index in [0.29, 0.717) is 5.52 Å². The Bertz CT molecular complexity index is 964. The topological polar surface area (TPSA) is 51.1 Å². The van der Waals surface area contributed by atoms with E-state index in [0.717, 1.165) is 11.6 Å². The fraction of sp³-hybridized carbons (Fsp3) is 0.158. The van der Waals surface area contributed by atoms with Gasteiger partial charge in [-0.3, -0.25) is 9.59 Å². The molecule has 0 aliphatic heterocycles. The summed E-state index contributed by atoms with van der Waals surface area (Å²) in [7, 11) is 1.72. The molecular weight excluding hydrogens is 307 g/mol. The quantitative estimate of drug-likeness (QED) is 0.804. The molecule has 5 heteroatoms. The van der Waals surface area contributed by atoms with Crippen molar-refractivity contribution >= 4 is 16.8 Å². The third-order valence-corrected chi connectivity index (χ3v) is 4.04. The number of pyridine rings is 1. The molecule has 2 aromatic carbocycles. The van der Waals surface area contributed by atoms with Crippen molar-refractivity contribution in [3.8, 4) is 0 Å². The van der Waals surface area contributed by atoms with Gasteiger partial charge in [0.2, 0.25) is 5.43 Å². The Kier molecular flexibility index (Phi) is 4.16. The summed E-state index contributed by atoms with van der Waals surface area (Å²) in [5, 5.41) is 3.01. The molecule has 0 radical (unpaired) electrons. The number of nitrogens with zero attached hydrogens (tertiary/aromatic N) is 1. The second kappa shape index (κ2) is 6.28. The minimum Gasteiger partial charge on any atom is -0.350 e. The first kappa shape index (κ1) is 15.9. The van der Waals surface area contributed by atoms with Crippen LogP contribution in [0, 0.1) is 5.82 Å². The number of hydrogen-bond donors (Lipinski definition) is 1. The molecule has 4 nitrogen and oxygen atoms in total. The molecule has 1 N–H and O–H groups in total. The highest BCUT2D eigenvalue weighted by Gasteiger charge is 2.17. The lowest BCUT2D eigenvalue weighted by atomic mass is 10.1. The van der Waals surface area contributed by atoms with E-state index in [-0.39, 0.29) is 17.0 Å². The molecule has 1 unspecified atom stereocenters. The number of fused-ring (bicyclic) bond motifs is 1. The van der Waals surface area contributed by atoms with E-state index < -0.39 is 17.2 Å². The van der Waals surface area contributed by atoms with E-state index in [1.54, 1.807) is 11.6 Å². The van der Waals surface area contributed by atoms with Crippen molar-refractivity contribution in [1.82, 2.24) is 9.88 Å². The van der Waals surface area contributed by atoms with E-state index in [2.05, 4.69) is 5.32 Å². The highest BCUT2D eigenvalue weighted by molar-refractivity contribution is 5.97. The van der Waals surface area contributed by atoms with Crippen LogP contribution in [0.4, 0.5) is 4.39 Å². The van der Waals surface area contributed by atoms with Gasteiger partial charge < -0.3 is 9.88 Å². The van der Waals surface area contributed by atoms with Crippen molar-refractivity contribution in [2.24, 2.45) is 7.05 Å². The monoisotopic (exact) mass is 324 g/mol. The van der Waals surface area contributed by atoms with Gasteiger partial charge in [-0.2, -0.15) is 0 Å². The number of nitrogens with one attached hydrogen (secondary N) is 1. The van der Waals surface area contributed by atoms with Crippen molar-refractivity contribution in [3.05, 3.63) is 81.9 Å². The normalized spacial score (nSPS) is 12.1. The van der Waals surface area contributed by atoms with Gasteiger partial charge in [0.1, 0.15) is 11.4 Å². The summed E-state index contributed by atoms with van der Waals surface area (Å²) in [5.41, 5.74) is 1.04. The van der Waals surface area contributed by atoms with Crippen LogP contribution >= 0.6 is 0 Å². The Morgan fingerprint density at radius 1 is 1.17 bits per heavy atom. The minimum absolute atomic E-state index is 0.00150. The summed E-state index contributed by atoms with van der Waals surface area (Å²) in [6, 6.07) is 13.2. The SMILES string of the molecule is CC(NC(=O)c1cn(C)c2ccc(F)cc2c1=O)c1ccccc1. The largest absolute Gasteiger partial charge is 0.350 e. The molecular formula is C19H17FN2O2. The highest BCUT2D eigenvalue weighted by atomic mass is 19.1. The van der Waals surface area contributed by atoms with Crippen LogP contribution < -0.4 is 10.7 Å². The molecule has 3 rings (SSSR count). The fourth-order valence-electron chi connectivity index (χ4n) is 2.73. The summed E-state index contributed by atoms with van der Waals surface area (Å²) in [4.78, 5) is 25.1. The number of aryl methyl sites for hydroxylation is 1. The molecule has 1 amide bonds. The van der Waals surface area contributed by atoms with Crippen molar-refractivity contribution in [1.29, 1.82) is 0 Å². The van der Waals surface area contributed by atoms with Gasteiger partial charge in [0.05, 0.1) is 11.6 Å². The molecule has 0 saturated heterocycles. The molecule has 1 aromatic heterocycles.